The topological polar surface area (TPSA) is 35.5 Å². The predicted octanol–water partition coefficient (Wildman–Crippen LogP) is 2.35. The van der Waals surface area contributed by atoms with Crippen LogP contribution < -0.4 is 5.32 Å². The van der Waals surface area contributed by atoms with Gasteiger partial charge in [-0.05, 0) is 50.1 Å². The molecule has 114 valence electrons. The van der Waals surface area contributed by atoms with Crippen LogP contribution in [-0.2, 0) is 0 Å². The summed E-state index contributed by atoms with van der Waals surface area (Å²) in [5.41, 5.74) is 0. The summed E-state index contributed by atoms with van der Waals surface area (Å²) in [5, 5.41) is 12.9. The molecule has 3 heteroatoms. The molecule has 2 N–H and O–H groups in total. The van der Waals surface area contributed by atoms with E-state index in [4.69, 9.17) is 0 Å². The molecule has 0 radical (unpaired) electrons. The van der Waals surface area contributed by atoms with Crippen molar-refractivity contribution in [3.8, 4) is 0 Å². The molecule has 1 rings (SSSR count). The van der Waals surface area contributed by atoms with Gasteiger partial charge in [0.25, 0.3) is 0 Å². The summed E-state index contributed by atoms with van der Waals surface area (Å²) in [4.78, 5) is 2.45. The Morgan fingerprint density at radius 1 is 1.16 bits per heavy atom. The molecule has 0 aromatic rings. The first-order valence-electron chi connectivity index (χ1n) is 8.18. The second kappa shape index (κ2) is 8.93. The smallest absolute Gasteiger partial charge is 0.0558 e. The Morgan fingerprint density at radius 2 is 1.89 bits per heavy atom. The standard InChI is InChI=1S/C16H34N2O/c1-5-7-18(8-9-19)12-15-14(4)10-13(3)11-16(15)17-6-2/h13-17,19H,5-12H2,1-4H3. The Balaban J connectivity index is 2.63. The molecule has 0 aromatic carbocycles. The van der Waals surface area contributed by atoms with Crippen LogP contribution in [0.1, 0.15) is 47.0 Å². The van der Waals surface area contributed by atoms with E-state index in [0.717, 1.165) is 43.9 Å². The van der Waals surface area contributed by atoms with Crippen molar-refractivity contribution >= 4 is 0 Å². The van der Waals surface area contributed by atoms with E-state index in [1.165, 1.54) is 19.3 Å². The molecule has 0 heterocycles. The summed E-state index contributed by atoms with van der Waals surface area (Å²) >= 11 is 0. The molecule has 0 bridgehead atoms. The lowest BCUT2D eigenvalue weighted by Gasteiger charge is -2.42. The Kier molecular flexibility index (Phi) is 7.96. The maximum Gasteiger partial charge on any atom is 0.0558 e. The molecular formula is C16H34N2O. The summed E-state index contributed by atoms with van der Waals surface area (Å²) in [6, 6.07) is 0.654. The van der Waals surface area contributed by atoms with Gasteiger partial charge in [0, 0.05) is 19.1 Å². The summed E-state index contributed by atoms with van der Waals surface area (Å²) < 4.78 is 0. The number of aliphatic hydroxyl groups is 1. The number of hydrogen-bond acceptors (Lipinski definition) is 3. The number of nitrogens with one attached hydrogen (secondary N) is 1. The van der Waals surface area contributed by atoms with Crippen molar-refractivity contribution in [2.75, 3.05) is 32.8 Å². The molecule has 0 spiro atoms. The van der Waals surface area contributed by atoms with Gasteiger partial charge in [-0.3, -0.25) is 0 Å². The average molecular weight is 270 g/mol. The highest BCUT2D eigenvalue weighted by Crippen LogP contribution is 2.34. The van der Waals surface area contributed by atoms with Crippen molar-refractivity contribution in [1.29, 1.82) is 0 Å². The van der Waals surface area contributed by atoms with Gasteiger partial charge >= 0.3 is 0 Å². The van der Waals surface area contributed by atoms with Crippen molar-refractivity contribution < 1.29 is 5.11 Å². The van der Waals surface area contributed by atoms with Crippen molar-refractivity contribution in [2.45, 2.75) is 53.0 Å². The lowest BCUT2D eigenvalue weighted by molar-refractivity contribution is 0.0914. The van der Waals surface area contributed by atoms with Gasteiger partial charge in [0.15, 0.2) is 0 Å². The fourth-order valence-electron chi connectivity index (χ4n) is 3.76. The summed E-state index contributed by atoms with van der Waals surface area (Å²) in [6.07, 6.45) is 3.83. The van der Waals surface area contributed by atoms with Crippen molar-refractivity contribution in [3.05, 3.63) is 0 Å². The lowest BCUT2D eigenvalue weighted by Crippen LogP contribution is -2.49. The van der Waals surface area contributed by atoms with E-state index >= 15 is 0 Å². The zero-order valence-electron chi connectivity index (χ0n) is 13.4. The molecule has 0 aromatic heterocycles. The highest BCUT2D eigenvalue weighted by atomic mass is 16.3. The molecule has 1 fully saturated rings. The predicted molar refractivity (Wildman–Crippen MR) is 82.3 cm³/mol. The molecule has 1 saturated carbocycles. The second-order valence-corrected chi connectivity index (χ2v) is 6.41. The van der Waals surface area contributed by atoms with Crippen LogP contribution in [-0.4, -0.2) is 48.8 Å². The summed E-state index contributed by atoms with van der Waals surface area (Å²) in [5.74, 6) is 2.35. The normalized spacial score (nSPS) is 31.9. The molecule has 19 heavy (non-hydrogen) atoms. The quantitative estimate of drug-likeness (QED) is 0.711. The Hall–Kier alpha value is -0.120. The van der Waals surface area contributed by atoms with E-state index in [-0.39, 0.29) is 6.61 Å². The Labute approximate surface area is 119 Å². The van der Waals surface area contributed by atoms with E-state index in [1.54, 1.807) is 0 Å². The van der Waals surface area contributed by atoms with Crippen LogP contribution in [0.15, 0.2) is 0 Å². The minimum Gasteiger partial charge on any atom is -0.395 e. The van der Waals surface area contributed by atoms with E-state index in [9.17, 15) is 5.11 Å². The van der Waals surface area contributed by atoms with Crippen LogP contribution in [0, 0.1) is 17.8 Å². The summed E-state index contributed by atoms with van der Waals surface area (Å²) in [7, 11) is 0. The molecular weight excluding hydrogens is 236 g/mol. The van der Waals surface area contributed by atoms with Gasteiger partial charge in [-0.25, -0.2) is 0 Å². The van der Waals surface area contributed by atoms with Crippen LogP contribution in [0.5, 0.6) is 0 Å². The third-order valence-corrected chi connectivity index (χ3v) is 4.57. The molecule has 1 aliphatic carbocycles. The third-order valence-electron chi connectivity index (χ3n) is 4.57. The molecule has 4 unspecified atom stereocenters. The van der Waals surface area contributed by atoms with Crippen molar-refractivity contribution in [2.24, 2.45) is 17.8 Å². The second-order valence-electron chi connectivity index (χ2n) is 6.41. The number of hydrogen-bond donors (Lipinski definition) is 2. The van der Waals surface area contributed by atoms with E-state index in [1.807, 2.05) is 0 Å². The molecule has 1 aliphatic rings. The third kappa shape index (κ3) is 5.41. The maximum atomic E-state index is 9.21. The molecule has 0 aliphatic heterocycles. The number of rotatable bonds is 8. The van der Waals surface area contributed by atoms with Gasteiger partial charge in [-0.2, -0.15) is 0 Å². The van der Waals surface area contributed by atoms with Gasteiger partial charge in [0.05, 0.1) is 6.61 Å². The van der Waals surface area contributed by atoms with Crippen LogP contribution in [0.25, 0.3) is 0 Å². The van der Waals surface area contributed by atoms with Crippen LogP contribution in [0.4, 0.5) is 0 Å². The number of nitrogens with zero attached hydrogens (tertiary/aromatic N) is 1. The zero-order valence-corrected chi connectivity index (χ0v) is 13.4. The first kappa shape index (κ1) is 16.9. The monoisotopic (exact) mass is 270 g/mol. The average Bonchev–Trinajstić information content (AvgIpc) is 2.34. The molecule has 4 atom stereocenters. The van der Waals surface area contributed by atoms with Gasteiger partial charge in [0.2, 0.25) is 0 Å². The lowest BCUT2D eigenvalue weighted by atomic mass is 9.72. The SMILES string of the molecule is CCCN(CCO)CC1C(C)CC(C)CC1NCC. The van der Waals surface area contributed by atoms with Gasteiger partial charge in [0.1, 0.15) is 0 Å². The first-order valence-corrected chi connectivity index (χ1v) is 8.18. The van der Waals surface area contributed by atoms with Crippen molar-refractivity contribution in [3.63, 3.8) is 0 Å². The number of aliphatic hydroxyl groups excluding tert-OH is 1. The molecule has 0 saturated heterocycles. The van der Waals surface area contributed by atoms with Gasteiger partial charge in [-0.1, -0.05) is 27.7 Å². The van der Waals surface area contributed by atoms with Crippen LogP contribution in [0.2, 0.25) is 0 Å². The van der Waals surface area contributed by atoms with Crippen LogP contribution in [0.3, 0.4) is 0 Å². The highest BCUT2D eigenvalue weighted by Gasteiger charge is 2.34. The highest BCUT2D eigenvalue weighted by molar-refractivity contribution is 4.89. The fraction of sp³-hybridized carbons (Fsp3) is 1.00. The maximum absolute atomic E-state index is 9.21. The largest absolute Gasteiger partial charge is 0.395 e. The van der Waals surface area contributed by atoms with Gasteiger partial charge in [-0.15, -0.1) is 0 Å². The minimum atomic E-state index is 0.281. The Morgan fingerprint density at radius 3 is 2.47 bits per heavy atom. The first-order chi connectivity index (χ1) is 9.12. The fourth-order valence-corrected chi connectivity index (χ4v) is 3.76. The molecule has 3 nitrogen and oxygen atoms in total. The Bertz CT molecular complexity index is 229. The minimum absolute atomic E-state index is 0.281. The zero-order chi connectivity index (χ0) is 14.3. The van der Waals surface area contributed by atoms with Crippen LogP contribution >= 0.6 is 0 Å². The van der Waals surface area contributed by atoms with E-state index < -0.39 is 0 Å². The van der Waals surface area contributed by atoms with E-state index in [0.29, 0.717) is 6.04 Å². The summed E-state index contributed by atoms with van der Waals surface area (Å²) in [6.45, 7) is 13.6. The van der Waals surface area contributed by atoms with Crippen molar-refractivity contribution in [1.82, 2.24) is 10.2 Å². The van der Waals surface area contributed by atoms with E-state index in [2.05, 4.69) is 37.9 Å². The van der Waals surface area contributed by atoms with Gasteiger partial charge < -0.3 is 15.3 Å². The molecule has 0 amide bonds.